The van der Waals surface area contributed by atoms with Gasteiger partial charge in [0.1, 0.15) is 6.54 Å². The minimum atomic E-state index is -0.590. The van der Waals surface area contributed by atoms with E-state index in [9.17, 15) is 4.79 Å². The van der Waals surface area contributed by atoms with Crippen LogP contribution >= 0.6 is 0 Å². The topological polar surface area (TPSA) is 40.5 Å². The second-order valence-electron chi connectivity index (χ2n) is 1.30. The Morgan fingerprint density at radius 2 is 2.56 bits per heavy atom. The highest BCUT2D eigenvalue weighted by molar-refractivity contribution is 5.86. The first-order valence-electron chi connectivity index (χ1n) is 2.28. The standard InChI is InChI=1S/C6H7NO2/c1-3-5-7(9)6(8)4-2/h1,4,9H,2,5H2. The molecule has 0 atom stereocenters. The molecule has 0 aliphatic rings. The molecule has 0 bridgehead atoms. The first-order valence-corrected chi connectivity index (χ1v) is 2.28. The molecule has 0 unspecified atom stereocenters. The number of nitrogens with zero attached hydrogens (tertiary/aromatic N) is 1. The summed E-state index contributed by atoms with van der Waals surface area (Å²) >= 11 is 0. The van der Waals surface area contributed by atoms with Crippen molar-refractivity contribution in [3.8, 4) is 12.3 Å². The zero-order valence-electron chi connectivity index (χ0n) is 4.87. The number of amides is 1. The van der Waals surface area contributed by atoms with Crippen molar-refractivity contribution in [1.29, 1.82) is 0 Å². The molecule has 0 rings (SSSR count). The molecule has 0 spiro atoms. The molecule has 3 heteroatoms. The molecule has 1 amide bonds. The molecular weight excluding hydrogens is 118 g/mol. The molecule has 0 saturated carbocycles. The number of hydrogen-bond donors (Lipinski definition) is 1. The third kappa shape index (κ3) is 2.52. The van der Waals surface area contributed by atoms with Gasteiger partial charge in [-0.25, -0.2) is 5.06 Å². The Labute approximate surface area is 53.5 Å². The maximum Gasteiger partial charge on any atom is 0.270 e. The van der Waals surface area contributed by atoms with Crippen LogP contribution in [0.4, 0.5) is 0 Å². The summed E-state index contributed by atoms with van der Waals surface area (Å²) in [7, 11) is 0. The zero-order chi connectivity index (χ0) is 7.28. The van der Waals surface area contributed by atoms with Crippen LogP contribution in [0.2, 0.25) is 0 Å². The number of rotatable bonds is 2. The number of terminal acetylenes is 1. The lowest BCUT2D eigenvalue weighted by Crippen LogP contribution is -2.25. The van der Waals surface area contributed by atoms with Crippen molar-refractivity contribution in [3.63, 3.8) is 0 Å². The van der Waals surface area contributed by atoms with Crippen molar-refractivity contribution in [2.45, 2.75) is 0 Å². The molecule has 0 aliphatic heterocycles. The molecule has 0 aromatic heterocycles. The van der Waals surface area contributed by atoms with Gasteiger partial charge < -0.3 is 0 Å². The quantitative estimate of drug-likeness (QED) is 0.245. The number of carbonyl (C=O) groups excluding carboxylic acids is 1. The van der Waals surface area contributed by atoms with Gasteiger partial charge in [0.2, 0.25) is 0 Å². The Bertz CT molecular complexity index is 157. The average molecular weight is 125 g/mol. The highest BCUT2D eigenvalue weighted by atomic mass is 16.5. The van der Waals surface area contributed by atoms with E-state index in [0.717, 1.165) is 6.08 Å². The first kappa shape index (κ1) is 7.73. The van der Waals surface area contributed by atoms with E-state index in [1.807, 2.05) is 0 Å². The van der Waals surface area contributed by atoms with Crippen molar-refractivity contribution in [2.24, 2.45) is 0 Å². The molecule has 0 heterocycles. The minimum absolute atomic E-state index is 0.106. The summed E-state index contributed by atoms with van der Waals surface area (Å²) in [4.78, 5) is 10.4. The van der Waals surface area contributed by atoms with Gasteiger partial charge in [0.15, 0.2) is 0 Å². The summed E-state index contributed by atoms with van der Waals surface area (Å²) in [6.07, 6.45) is 5.77. The van der Waals surface area contributed by atoms with Gasteiger partial charge in [-0.05, 0) is 6.08 Å². The van der Waals surface area contributed by atoms with Crippen LogP contribution in [-0.4, -0.2) is 22.7 Å². The van der Waals surface area contributed by atoms with Crippen molar-refractivity contribution in [2.75, 3.05) is 6.54 Å². The fourth-order valence-electron chi connectivity index (χ4n) is 0.270. The lowest BCUT2D eigenvalue weighted by Gasteiger charge is -2.06. The van der Waals surface area contributed by atoms with Crippen LogP contribution < -0.4 is 0 Å². The van der Waals surface area contributed by atoms with E-state index in [1.54, 1.807) is 0 Å². The van der Waals surface area contributed by atoms with Crippen LogP contribution in [0.15, 0.2) is 12.7 Å². The molecular formula is C6H7NO2. The fourth-order valence-corrected chi connectivity index (χ4v) is 0.270. The van der Waals surface area contributed by atoms with Crippen LogP contribution in [0.5, 0.6) is 0 Å². The molecule has 0 aromatic rings. The minimum Gasteiger partial charge on any atom is -0.285 e. The highest BCUT2D eigenvalue weighted by Gasteiger charge is 2.01. The lowest BCUT2D eigenvalue weighted by molar-refractivity contribution is -0.156. The third-order valence-electron chi connectivity index (χ3n) is 0.670. The summed E-state index contributed by atoms with van der Waals surface area (Å²) in [6.45, 7) is 3.04. The van der Waals surface area contributed by atoms with Gasteiger partial charge in [-0.15, -0.1) is 6.42 Å². The smallest absolute Gasteiger partial charge is 0.270 e. The van der Waals surface area contributed by atoms with Gasteiger partial charge in [0, 0.05) is 0 Å². The molecule has 3 nitrogen and oxygen atoms in total. The second kappa shape index (κ2) is 3.70. The lowest BCUT2D eigenvalue weighted by atomic mass is 10.5. The summed E-state index contributed by atoms with van der Waals surface area (Å²) in [5.74, 6) is 1.50. The van der Waals surface area contributed by atoms with E-state index in [2.05, 4.69) is 12.5 Å². The van der Waals surface area contributed by atoms with Gasteiger partial charge in [-0.2, -0.15) is 0 Å². The Morgan fingerprint density at radius 3 is 2.89 bits per heavy atom. The summed E-state index contributed by atoms with van der Waals surface area (Å²) in [5.41, 5.74) is 0. The molecule has 0 aliphatic carbocycles. The normalized spacial score (nSPS) is 7.56. The summed E-state index contributed by atoms with van der Waals surface area (Å²) < 4.78 is 0. The molecule has 48 valence electrons. The Hall–Kier alpha value is -1.27. The van der Waals surface area contributed by atoms with Crippen LogP contribution in [0.3, 0.4) is 0 Å². The van der Waals surface area contributed by atoms with E-state index in [4.69, 9.17) is 11.6 Å². The predicted octanol–water partition coefficient (Wildman–Crippen LogP) is 0.0234. The van der Waals surface area contributed by atoms with Gasteiger partial charge in [0.05, 0.1) is 0 Å². The summed E-state index contributed by atoms with van der Waals surface area (Å²) in [5, 5.41) is 9.00. The molecule has 0 fully saturated rings. The Morgan fingerprint density at radius 1 is 2.00 bits per heavy atom. The predicted molar refractivity (Wildman–Crippen MR) is 32.5 cm³/mol. The molecule has 0 saturated heterocycles. The van der Waals surface area contributed by atoms with E-state index in [-0.39, 0.29) is 6.54 Å². The molecule has 0 radical (unpaired) electrons. The van der Waals surface area contributed by atoms with Crippen LogP contribution in [0.25, 0.3) is 0 Å². The number of carbonyl (C=O) groups is 1. The Balaban J connectivity index is 3.75. The molecule has 1 N–H and O–H groups in total. The van der Waals surface area contributed by atoms with Crippen LogP contribution in [-0.2, 0) is 4.79 Å². The average Bonchev–Trinajstić information content (AvgIpc) is 1.87. The third-order valence-corrected chi connectivity index (χ3v) is 0.670. The second-order valence-corrected chi connectivity index (χ2v) is 1.30. The van der Waals surface area contributed by atoms with Crippen LogP contribution in [0, 0.1) is 12.3 Å². The van der Waals surface area contributed by atoms with Gasteiger partial charge in [0.25, 0.3) is 5.91 Å². The van der Waals surface area contributed by atoms with Gasteiger partial charge >= 0.3 is 0 Å². The SMILES string of the molecule is C#CCN(O)C(=O)C=C. The Kier molecular flexibility index (Phi) is 3.18. The largest absolute Gasteiger partial charge is 0.285 e. The maximum atomic E-state index is 10.4. The highest BCUT2D eigenvalue weighted by Crippen LogP contribution is 1.81. The van der Waals surface area contributed by atoms with E-state index in [1.165, 1.54) is 0 Å². The van der Waals surface area contributed by atoms with Crippen molar-refractivity contribution in [3.05, 3.63) is 12.7 Å². The molecule has 0 aromatic carbocycles. The summed E-state index contributed by atoms with van der Waals surface area (Å²) in [6, 6.07) is 0. The van der Waals surface area contributed by atoms with E-state index < -0.39 is 5.91 Å². The maximum absolute atomic E-state index is 10.4. The number of hydroxylamine groups is 2. The monoisotopic (exact) mass is 125 g/mol. The molecule has 9 heavy (non-hydrogen) atoms. The van der Waals surface area contributed by atoms with Crippen molar-refractivity contribution >= 4 is 5.91 Å². The number of hydrogen-bond acceptors (Lipinski definition) is 2. The van der Waals surface area contributed by atoms with Crippen molar-refractivity contribution < 1.29 is 10.0 Å². The van der Waals surface area contributed by atoms with E-state index in [0.29, 0.717) is 5.06 Å². The van der Waals surface area contributed by atoms with Gasteiger partial charge in [-0.1, -0.05) is 12.5 Å². The first-order chi connectivity index (χ1) is 4.22. The van der Waals surface area contributed by atoms with Gasteiger partial charge in [-0.3, -0.25) is 10.0 Å². The van der Waals surface area contributed by atoms with E-state index >= 15 is 0 Å². The zero-order valence-corrected chi connectivity index (χ0v) is 4.87. The fraction of sp³-hybridized carbons (Fsp3) is 0.167. The van der Waals surface area contributed by atoms with Crippen LogP contribution in [0.1, 0.15) is 0 Å². The van der Waals surface area contributed by atoms with Crippen molar-refractivity contribution in [1.82, 2.24) is 5.06 Å².